The Balaban J connectivity index is 2.40. The van der Waals surface area contributed by atoms with E-state index in [0.717, 1.165) is 12.1 Å². The largest absolute Gasteiger partial charge is 0.416 e. The van der Waals surface area contributed by atoms with Crippen molar-refractivity contribution in [2.75, 3.05) is 5.73 Å². The van der Waals surface area contributed by atoms with Crippen LogP contribution in [-0.2, 0) is 6.18 Å². The van der Waals surface area contributed by atoms with Crippen LogP contribution in [-0.4, -0.2) is 15.2 Å². The molecule has 3 aromatic rings. The number of H-pyrrole nitrogens is 1. The fourth-order valence-corrected chi connectivity index (χ4v) is 1.86. The van der Waals surface area contributed by atoms with Crippen LogP contribution in [0.15, 0.2) is 24.4 Å². The highest BCUT2D eigenvalue weighted by atomic mass is 19.4. The minimum Gasteiger partial charge on any atom is -0.382 e. The van der Waals surface area contributed by atoms with Crippen molar-refractivity contribution in [3.8, 4) is 0 Å². The van der Waals surface area contributed by atoms with Crippen molar-refractivity contribution in [3.05, 3.63) is 30.0 Å². The molecule has 0 aliphatic heterocycles. The molecule has 4 nitrogen and oxygen atoms in total. The van der Waals surface area contributed by atoms with E-state index in [4.69, 9.17) is 5.73 Å². The molecule has 0 spiro atoms. The van der Waals surface area contributed by atoms with Gasteiger partial charge in [0.05, 0.1) is 22.0 Å². The zero-order chi connectivity index (χ0) is 12.9. The summed E-state index contributed by atoms with van der Waals surface area (Å²) in [5, 5.41) is 7.27. The van der Waals surface area contributed by atoms with Gasteiger partial charge in [0.1, 0.15) is 0 Å². The first-order chi connectivity index (χ1) is 8.47. The molecule has 1 aromatic carbocycles. The van der Waals surface area contributed by atoms with E-state index in [1.807, 2.05) is 0 Å². The first-order valence-corrected chi connectivity index (χ1v) is 5.06. The van der Waals surface area contributed by atoms with Gasteiger partial charge in [-0.3, -0.25) is 10.1 Å². The van der Waals surface area contributed by atoms with Gasteiger partial charge in [0, 0.05) is 11.6 Å². The second-order valence-electron chi connectivity index (χ2n) is 3.89. The van der Waals surface area contributed by atoms with Crippen LogP contribution in [0, 0.1) is 0 Å². The lowest BCUT2D eigenvalue weighted by Gasteiger charge is -2.07. The molecule has 3 rings (SSSR count). The number of aromatic nitrogens is 3. The Labute approximate surface area is 98.6 Å². The normalized spacial score (nSPS) is 12.4. The monoisotopic (exact) mass is 252 g/mol. The van der Waals surface area contributed by atoms with E-state index in [2.05, 4.69) is 15.2 Å². The molecule has 0 fully saturated rings. The van der Waals surface area contributed by atoms with Crippen LogP contribution in [0.1, 0.15) is 5.56 Å². The maximum Gasteiger partial charge on any atom is 0.416 e. The summed E-state index contributed by atoms with van der Waals surface area (Å²) in [4.78, 5) is 4.06. The molecule has 0 bridgehead atoms. The number of nitrogens with two attached hydrogens (primary N) is 1. The van der Waals surface area contributed by atoms with Crippen LogP contribution in [0.2, 0.25) is 0 Å². The maximum absolute atomic E-state index is 12.7. The van der Waals surface area contributed by atoms with Gasteiger partial charge in [-0.25, -0.2) is 0 Å². The number of hydrogen-bond donors (Lipinski definition) is 2. The van der Waals surface area contributed by atoms with Crippen molar-refractivity contribution in [1.82, 2.24) is 15.2 Å². The Morgan fingerprint density at radius 2 is 1.94 bits per heavy atom. The van der Waals surface area contributed by atoms with Gasteiger partial charge in [0.15, 0.2) is 5.82 Å². The number of anilines is 1. The van der Waals surface area contributed by atoms with Crippen LogP contribution in [0.5, 0.6) is 0 Å². The number of pyridine rings is 1. The Hall–Kier alpha value is -2.31. The highest BCUT2D eigenvalue weighted by Crippen LogP contribution is 2.33. The molecule has 0 unspecified atom stereocenters. The number of alkyl halides is 3. The number of rotatable bonds is 0. The van der Waals surface area contributed by atoms with Gasteiger partial charge in [-0.15, -0.1) is 0 Å². The van der Waals surface area contributed by atoms with Gasteiger partial charge >= 0.3 is 6.18 Å². The molecular weight excluding hydrogens is 245 g/mol. The summed E-state index contributed by atoms with van der Waals surface area (Å²) in [5.41, 5.74) is 5.78. The van der Waals surface area contributed by atoms with Gasteiger partial charge in [0.2, 0.25) is 0 Å². The van der Waals surface area contributed by atoms with Gasteiger partial charge in [0.25, 0.3) is 0 Å². The molecule has 3 N–H and O–H groups in total. The number of nitrogen functional groups attached to an aromatic ring is 1. The van der Waals surface area contributed by atoms with Crippen LogP contribution in [0.25, 0.3) is 21.8 Å². The molecule has 0 atom stereocenters. The summed E-state index contributed by atoms with van der Waals surface area (Å²) in [6.45, 7) is 0. The topological polar surface area (TPSA) is 67.6 Å². The van der Waals surface area contributed by atoms with Crippen LogP contribution in [0.4, 0.5) is 19.0 Å². The fourth-order valence-electron chi connectivity index (χ4n) is 1.86. The standard InChI is InChI=1S/C11H7F3N4/c12-11(13,14)5-1-2-8-6(3-5)9-7(4-16-8)10(15)18-17-9/h1-4H,(H3,15,17,18). The van der Waals surface area contributed by atoms with Gasteiger partial charge in [-0.05, 0) is 18.2 Å². The van der Waals surface area contributed by atoms with Gasteiger partial charge in [-0.1, -0.05) is 0 Å². The highest BCUT2D eigenvalue weighted by molar-refractivity contribution is 6.06. The predicted octanol–water partition coefficient (Wildman–Crippen LogP) is 2.71. The van der Waals surface area contributed by atoms with E-state index in [1.165, 1.54) is 12.3 Å². The Morgan fingerprint density at radius 3 is 2.67 bits per heavy atom. The quantitative estimate of drug-likeness (QED) is 0.646. The lowest BCUT2D eigenvalue weighted by molar-refractivity contribution is -0.137. The van der Waals surface area contributed by atoms with Crippen LogP contribution in [0.3, 0.4) is 0 Å². The van der Waals surface area contributed by atoms with Crippen molar-refractivity contribution in [1.29, 1.82) is 0 Å². The average molecular weight is 252 g/mol. The average Bonchev–Trinajstić information content (AvgIpc) is 2.70. The molecule has 2 aromatic heterocycles. The molecule has 0 amide bonds. The van der Waals surface area contributed by atoms with Crippen molar-refractivity contribution >= 4 is 27.6 Å². The molecule has 0 saturated heterocycles. The van der Waals surface area contributed by atoms with Crippen molar-refractivity contribution in [2.24, 2.45) is 0 Å². The molecule has 2 heterocycles. The number of benzene rings is 1. The van der Waals surface area contributed by atoms with E-state index >= 15 is 0 Å². The third kappa shape index (κ3) is 1.47. The van der Waals surface area contributed by atoms with Gasteiger partial charge in [-0.2, -0.15) is 18.3 Å². The van der Waals surface area contributed by atoms with Gasteiger partial charge < -0.3 is 5.73 Å². The third-order valence-electron chi connectivity index (χ3n) is 2.76. The molecule has 7 heteroatoms. The maximum atomic E-state index is 12.7. The summed E-state index contributed by atoms with van der Waals surface area (Å²) in [6.07, 6.45) is -2.90. The van der Waals surface area contributed by atoms with Crippen LogP contribution < -0.4 is 5.73 Å². The van der Waals surface area contributed by atoms with E-state index < -0.39 is 11.7 Å². The zero-order valence-electron chi connectivity index (χ0n) is 8.92. The number of fused-ring (bicyclic) bond motifs is 3. The molecule has 0 radical (unpaired) electrons. The first-order valence-electron chi connectivity index (χ1n) is 5.06. The predicted molar refractivity (Wildman–Crippen MR) is 60.8 cm³/mol. The molecule has 18 heavy (non-hydrogen) atoms. The van der Waals surface area contributed by atoms with E-state index in [-0.39, 0.29) is 5.82 Å². The molecule has 0 aliphatic carbocycles. The number of aromatic amines is 1. The van der Waals surface area contributed by atoms with E-state index in [1.54, 1.807) is 0 Å². The molecule has 92 valence electrons. The summed E-state index contributed by atoms with van der Waals surface area (Å²) in [5.74, 6) is 0.219. The summed E-state index contributed by atoms with van der Waals surface area (Å²) in [6, 6.07) is 3.37. The SMILES string of the molecule is Nc1n[nH]c2c1cnc1ccc(C(F)(F)F)cc12. The summed E-state index contributed by atoms with van der Waals surface area (Å²) in [7, 11) is 0. The fraction of sp³-hybridized carbons (Fsp3) is 0.0909. The Morgan fingerprint density at radius 1 is 1.17 bits per heavy atom. The lowest BCUT2D eigenvalue weighted by Crippen LogP contribution is -2.04. The number of nitrogens with one attached hydrogen (secondary N) is 1. The second kappa shape index (κ2) is 3.34. The molecule has 0 aliphatic rings. The third-order valence-corrected chi connectivity index (χ3v) is 2.76. The smallest absolute Gasteiger partial charge is 0.382 e. The highest BCUT2D eigenvalue weighted by Gasteiger charge is 2.30. The first kappa shape index (κ1) is 10.8. The van der Waals surface area contributed by atoms with E-state index in [0.29, 0.717) is 21.8 Å². The Kier molecular flexibility index (Phi) is 2.01. The van der Waals surface area contributed by atoms with Crippen molar-refractivity contribution in [3.63, 3.8) is 0 Å². The van der Waals surface area contributed by atoms with E-state index in [9.17, 15) is 13.2 Å². The molecule has 0 saturated carbocycles. The number of halogens is 3. The minimum absolute atomic E-state index is 0.219. The molecular formula is C11H7F3N4. The lowest BCUT2D eigenvalue weighted by atomic mass is 10.1. The zero-order valence-corrected chi connectivity index (χ0v) is 8.92. The Bertz CT molecular complexity index is 745. The summed E-state index contributed by atoms with van der Waals surface area (Å²) < 4.78 is 38.0. The number of hydrogen-bond acceptors (Lipinski definition) is 3. The van der Waals surface area contributed by atoms with Crippen molar-refractivity contribution < 1.29 is 13.2 Å². The minimum atomic E-state index is -4.39. The number of nitrogens with zero attached hydrogens (tertiary/aromatic N) is 2. The van der Waals surface area contributed by atoms with Crippen LogP contribution >= 0.6 is 0 Å². The summed E-state index contributed by atoms with van der Waals surface area (Å²) >= 11 is 0. The van der Waals surface area contributed by atoms with Crippen molar-refractivity contribution in [2.45, 2.75) is 6.18 Å². The second-order valence-corrected chi connectivity index (χ2v) is 3.89.